The molecule has 0 spiro atoms. The van der Waals surface area contributed by atoms with Gasteiger partial charge >= 0.3 is 6.09 Å². The number of aromatic nitrogens is 1. The molecule has 1 aliphatic carbocycles. The van der Waals surface area contributed by atoms with Crippen LogP contribution in [-0.4, -0.2) is 40.3 Å². The first-order valence-corrected chi connectivity index (χ1v) is 7.22. The minimum absolute atomic E-state index is 0.235. The summed E-state index contributed by atoms with van der Waals surface area (Å²) in [5, 5.41) is 11.1. The Labute approximate surface area is 118 Å². The van der Waals surface area contributed by atoms with Crippen LogP contribution in [0.25, 0.3) is 0 Å². The molecule has 1 N–H and O–H groups in total. The van der Waals surface area contributed by atoms with E-state index in [0.717, 1.165) is 12.8 Å². The number of rotatable bonds is 2. The van der Waals surface area contributed by atoms with Crippen LogP contribution in [0.4, 0.5) is 4.79 Å². The predicted molar refractivity (Wildman–Crippen MR) is 73.0 cm³/mol. The van der Waals surface area contributed by atoms with E-state index in [0.29, 0.717) is 31.2 Å². The fraction of sp³-hybridized carbons (Fsp3) is 0.600. The maximum atomic E-state index is 12.1. The van der Waals surface area contributed by atoms with Gasteiger partial charge in [-0.2, -0.15) is 0 Å². The number of carbonyl (C=O) groups excluding carboxylic acids is 1. The van der Waals surface area contributed by atoms with Gasteiger partial charge in [-0.05, 0) is 44.2 Å². The summed E-state index contributed by atoms with van der Waals surface area (Å²) in [5.41, 5.74) is -0.390. The summed E-state index contributed by atoms with van der Waals surface area (Å²) in [6.07, 6.45) is 3.89. The predicted octanol–water partition coefficient (Wildman–Crippen LogP) is 1.91. The lowest BCUT2D eigenvalue weighted by Gasteiger charge is -2.53. The van der Waals surface area contributed by atoms with E-state index in [1.165, 1.54) is 0 Å². The molecular formula is C15H20N2O3. The summed E-state index contributed by atoms with van der Waals surface area (Å²) in [7, 11) is 0. The van der Waals surface area contributed by atoms with Gasteiger partial charge in [0.2, 0.25) is 0 Å². The van der Waals surface area contributed by atoms with Crippen molar-refractivity contribution in [2.75, 3.05) is 13.2 Å². The van der Waals surface area contributed by atoms with Crippen LogP contribution in [0.5, 0.6) is 0 Å². The highest BCUT2D eigenvalue weighted by molar-refractivity contribution is 5.68. The van der Waals surface area contributed by atoms with Crippen LogP contribution < -0.4 is 0 Å². The van der Waals surface area contributed by atoms with Crippen molar-refractivity contribution in [2.45, 2.75) is 37.8 Å². The van der Waals surface area contributed by atoms with Gasteiger partial charge in [-0.1, -0.05) is 6.07 Å². The summed E-state index contributed by atoms with van der Waals surface area (Å²) < 4.78 is 5.12. The molecule has 3 fully saturated rings. The summed E-state index contributed by atoms with van der Waals surface area (Å²) in [6.45, 7) is 2.83. The zero-order valence-electron chi connectivity index (χ0n) is 11.7. The minimum atomic E-state index is -1.05. The van der Waals surface area contributed by atoms with Crippen LogP contribution in [0.2, 0.25) is 0 Å². The number of carbonyl (C=O) groups is 1. The molecule has 3 aliphatic rings. The van der Waals surface area contributed by atoms with Crippen molar-refractivity contribution in [2.24, 2.45) is 5.92 Å². The van der Waals surface area contributed by atoms with E-state index in [2.05, 4.69) is 4.98 Å². The quantitative estimate of drug-likeness (QED) is 0.896. The number of amides is 1. The van der Waals surface area contributed by atoms with Gasteiger partial charge in [0.1, 0.15) is 5.60 Å². The number of nitrogens with zero attached hydrogens (tertiary/aromatic N) is 2. The smallest absolute Gasteiger partial charge is 0.410 e. The number of hydrogen-bond acceptors (Lipinski definition) is 4. The van der Waals surface area contributed by atoms with Crippen molar-refractivity contribution in [1.29, 1.82) is 0 Å². The Morgan fingerprint density at radius 2 is 2.40 bits per heavy atom. The van der Waals surface area contributed by atoms with Crippen molar-refractivity contribution in [3.8, 4) is 0 Å². The molecule has 0 aromatic carbocycles. The summed E-state index contributed by atoms with van der Waals surface area (Å²) in [5.74, 6) is 0.316. The summed E-state index contributed by atoms with van der Waals surface area (Å²) in [6, 6.07) is 5.31. The first-order valence-electron chi connectivity index (χ1n) is 7.22. The van der Waals surface area contributed by atoms with Crippen LogP contribution in [0.3, 0.4) is 0 Å². The Balaban J connectivity index is 1.91. The van der Waals surface area contributed by atoms with Crippen molar-refractivity contribution >= 4 is 6.09 Å². The molecule has 1 amide bonds. The zero-order valence-corrected chi connectivity index (χ0v) is 11.7. The lowest BCUT2D eigenvalue weighted by molar-refractivity contribution is -0.131. The number of aliphatic hydroxyl groups is 1. The topological polar surface area (TPSA) is 62.7 Å². The highest BCUT2D eigenvalue weighted by atomic mass is 16.6. The number of hydrogen-bond donors (Lipinski definition) is 1. The Hall–Kier alpha value is -1.62. The fourth-order valence-electron chi connectivity index (χ4n) is 3.59. The molecule has 2 saturated heterocycles. The van der Waals surface area contributed by atoms with E-state index < -0.39 is 5.60 Å². The molecule has 1 aromatic rings. The number of piperidine rings is 2. The molecule has 5 nitrogen and oxygen atoms in total. The molecule has 20 heavy (non-hydrogen) atoms. The number of pyridine rings is 1. The molecule has 5 heteroatoms. The fourth-order valence-corrected chi connectivity index (χ4v) is 3.59. The first-order chi connectivity index (χ1) is 9.65. The first kappa shape index (κ1) is 13.4. The third-order valence-corrected chi connectivity index (χ3v) is 4.44. The molecule has 2 aliphatic heterocycles. The second-order valence-corrected chi connectivity index (χ2v) is 5.65. The Kier molecular flexibility index (Phi) is 3.38. The molecule has 1 saturated carbocycles. The average Bonchev–Trinajstić information content (AvgIpc) is 2.48. The van der Waals surface area contributed by atoms with Gasteiger partial charge in [-0.15, -0.1) is 0 Å². The molecule has 2 bridgehead atoms. The van der Waals surface area contributed by atoms with Crippen LogP contribution in [0.1, 0.15) is 31.9 Å². The minimum Gasteiger partial charge on any atom is -0.450 e. The van der Waals surface area contributed by atoms with E-state index in [4.69, 9.17) is 4.74 Å². The highest BCUT2D eigenvalue weighted by Crippen LogP contribution is 2.46. The van der Waals surface area contributed by atoms with Gasteiger partial charge < -0.3 is 14.7 Å². The van der Waals surface area contributed by atoms with Gasteiger partial charge in [0, 0.05) is 12.7 Å². The van der Waals surface area contributed by atoms with Gasteiger partial charge in [0.05, 0.1) is 18.3 Å². The van der Waals surface area contributed by atoms with Crippen LogP contribution in [0, 0.1) is 5.92 Å². The van der Waals surface area contributed by atoms with E-state index in [-0.39, 0.29) is 12.1 Å². The molecule has 3 heterocycles. The largest absolute Gasteiger partial charge is 0.450 e. The standard InChI is InChI=1S/C15H20N2O3/c1-2-20-14(18)17-10-11-6-7-13(17)15(19,9-11)12-5-3-4-8-16-12/h3-5,8,11,13,19H,2,6-7,9-10H2,1H3. The number of fused-ring (bicyclic) bond motifs is 3. The SMILES string of the molecule is CCOC(=O)N1CC2CCC1C(O)(c1ccccn1)C2. The van der Waals surface area contributed by atoms with Gasteiger partial charge in [0.25, 0.3) is 0 Å². The Morgan fingerprint density at radius 3 is 3.05 bits per heavy atom. The average molecular weight is 276 g/mol. The second kappa shape index (κ2) is 5.05. The van der Waals surface area contributed by atoms with E-state index in [1.807, 2.05) is 18.2 Å². The zero-order chi connectivity index (χ0) is 14.2. The molecule has 4 rings (SSSR count). The number of ether oxygens (including phenoxy) is 1. The summed E-state index contributed by atoms with van der Waals surface area (Å²) >= 11 is 0. The van der Waals surface area contributed by atoms with Crippen LogP contribution >= 0.6 is 0 Å². The highest BCUT2D eigenvalue weighted by Gasteiger charge is 2.53. The maximum Gasteiger partial charge on any atom is 0.410 e. The molecular weight excluding hydrogens is 256 g/mol. The lowest BCUT2D eigenvalue weighted by atomic mass is 9.68. The summed E-state index contributed by atoms with van der Waals surface area (Å²) in [4.78, 5) is 18.1. The Bertz CT molecular complexity index is 493. The normalized spacial score (nSPS) is 32.2. The van der Waals surface area contributed by atoms with Gasteiger partial charge in [-0.25, -0.2) is 4.79 Å². The van der Waals surface area contributed by atoms with Crippen molar-refractivity contribution < 1.29 is 14.6 Å². The third kappa shape index (κ3) is 2.06. The molecule has 0 radical (unpaired) electrons. The monoisotopic (exact) mass is 276 g/mol. The maximum absolute atomic E-state index is 12.1. The molecule has 3 unspecified atom stereocenters. The van der Waals surface area contributed by atoms with Crippen LogP contribution in [-0.2, 0) is 10.3 Å². The molecule has 3 atom stereocenters. The van der Waals surface area contributed by atoms with E-state index in [9.17, 15) is 9.90 Å². The van der Waals surface area contributed by atoms with Crippen LogP contribution in [0.15, 0.2) is 24.4 Å². The molecule has 108 valence electrons. The van der Waals surface area contributed by atoms with Crippen molar-refractivity contribution in [3.63, 3.8) is 0 Å². The van der Waals surface area contributed by atoms with E-state index in [1.54, 1.807) is 18.0 Å². The lowest BCUT2D eigenvalue weighted by Crippen LogP contribution is -2.63. The van der Waals surface area contributed by atoms with Gasteiger partial charge in [-0.3, -0.25) is 4.98 Å². The third-order valence-electron chi connectivity index (χ3n) is 4.44. The van der Waals surface area contributed by atoms with Crippen molar-refractivity contribution in [1.82, 2.24) is 9.88 Å². The van der Waals surface area contributed by atoms with Gasteiger partial charge in [0.15, 0.2) is 0 Å². The van der Waals surface area contributed by atoms with Crippen molar-refractivity contribution in [3.05, 3.63) is 30.1 Å². The second-order valence-electron chi connectivity index (χ2n) is 5.65. The Morgan fingerprint density at radius 1 is 1.55 bits per heavy atom. The molecule has 1 aromatic heterocycles. The van der Waals surface area contributed by atoms with E-state index >= 15 is 0 Å².